The molecule has 0 aromatic heterocycles. The number of benzene rings is 1. The average Bonchev–Trinajstić information content (AvgIpc) is 2.19. The monoisotopic (exact) mass is 212 g/mol. The van der Waals surface area contributed by atoms with Gasteiger partial charge in [-0.15, -0.1) is 0 Å². The van der Waals surface area contributed by atoms with E-state index in [1.807, 2.05) is 0 Å². The molecule has 0 amide bonds. The first-order chi connectivity index (χ1) is 7.00. The van der Waals surface area contributed by atoms with Crippen LogP contribution in [0.25, 0.3) is 0 Å². The lowest BCUT2D eigenvalue weighted by atomic mass is 10.0. The molecule has 0 heterocycles. The van der Waals surface area contributed by atoms with Gasteiger partial charge in [0, 0.05) is 0 Å². The normalized spacial score (nSPS) is 15.0. The fourth-order valence-electron chi connectivity index (χ4n) is 1.42. The van der Waals surface area contributed by atoms with Crippen molar-refractivity contribution in [1.29, 1.82) is 0 Å². The molecule has 2 nitrogen and oxygen atoms in total. The Morgan fingerprint density at radius 1 is 1.33 bits per heavy atom. The summed E-state index contributed by atoms with van der Waals surface area (Å²) >= 11 is 0. The van der Waals surface area contributed by atoms with Gasteiger partial charge < -0.3 is 10.2 Å². The summed E-state index contributed by atoms with van der Waals surface area (Å²) in [4.78, 5) is 0. The summed E-state index contributed by atoms with van der Waals surface area (Å²) < 4.78 is 12.9. The van der Waals surface area contributed by atoms with Crippen molar-refractivity contribution in [3.63, 3.8) is 0 Å². The van der Waals surface area contributed by atoms with Crippen molar-refractivity contribution >= 4 is 0 Å². The van der Waals surface area contributed by atoms with Crippen LogP contribution in [0.4, 0.5) is 4.39 Å². The number of halogens is 1. The molecule has 0 saturated carbocycles. The third kappa shape index (κ3) is 3.61. The molecule has 0 aliphatic heterocycles. The zero-order valence-electron chi connectivity index (χ0n) is 9.07. The van der Waals surface area contributed by atoms with Crippen LogP contribution in [0.1, 0.15) is 24.5 Å². The van der Waals surface area contributed by atoms with Crippen LogP contribution >= 0.6 is 0 Å². The van der Waals surface area contributed by atoms with Crippen LogP contribution in [-0.4, -0.2) is 22.4 Å². The van der Waals surface area contributed by atoms with Crippen LogP contribution in [0.5, 0.6) is 0 Å². The Kier molecular flexibility index (Phi) is 4.24. The molecule has 1 rings (SSSR count). The molecule has 1 aromatic carbocycles. The molecule has 0 saturated heterocycles. The van der Waals surface area contributed by atoms with E-state index < -0.39 is 12.2 Å². The number of aliphatic hydroxyl groups excluding tert-OH is 2. The summed E-state index contributed by atoms with van der Waals surface area (Å²) in [6.45, 7) is 3.27. The maximum Gasteiger partial charge on any atom is 0.126 e. The molecule has 84 valence electrons. The third-order valence-electron chi connectivity index (χ3n) is 2.51. The van der Waals surface area contributed by atoms with Crippen molar-refractivity contribution in [2.45, 2.75) is 38.9 Å². The Morgan fingerprint density at radius 3 is 2.53 bits per heavy atom. The van der Waals surface area contributed by atoms with Crippen LogP contribution in [0.3, 0.4) is 0 Å². The molecular formula is C12H17FO2. The van der Waals surface area contributed by atoms with E-state index >= 15 is 0 Å². The molecule has 0 spiro atoms. The Morgan fingerprint density at radius 2 is 2.00 bits per heavy atom. The predicted molar refractivity (Wildman–Crippen MR) is 57.1 cm³/mol. The summed E-state index contributed by atoms with van der Waals surface area (Å²) in [5.74, 6) is -0.213. The molecule has 1 aromatic rings. The largest absolute Gasteiger partial charge is 0.391 e. The third-order valence-corrected chi connectivity index (χ3v) is 2.51. The van der Waals surface area contributed by atoms with Crippen molar-refractivity contribution < 1.29 is 14.6 Å². The first-order valence-electron chi connectivity index (χ1n) is 5.12. The van der Waals surface area contributed by atoms with E-state index in [-0.39, 0.29) is 5.82 Å². The van der Waals surface area contributed by atoms with Crippen LogP contribution in [0.2, 0.25) is 0 Å². The molecule has 15 heavy (non-hydrogen) atoms. The van der Waals surface area contributed by atoms with Crippen LogP contribution in [0.15, 0.2) is 18.2 Å². The Labute approximate surface area is 89.4 Å². The van der Waals surface area contributed by atoms with Gasteiger partial charge in [0.15, 0.2) is 0 Å². The van der Waals surface area contributed by atoms with Gasteiger partial charge in [0.25, 0.3) is 0 Å². The van der Waals surface area contributed by atoms with E-state index in [2.05, 4.69) is 0 Å². The Bertz CT molecular complexity index is 323. The van der Waals surface area contributed by atoms with Crippen LogP contribution in [-0.2, 0) is 6.42 Å². The van der Waals surface area contributed by atoms with Crippen molar-refractivity contribution in [2.24, 2.45) is 0 Å². The van der Waals surface area contributed by atoms with E-state index in [0.29, 0.717) is 18.4 Å². The molecule has 0 fully saturated rings. The zero-order valence-corrected chi connectivity index (χ0v) is 9.07. The van der Waals surface area contributed by atoms with Gasteiger partial charge in [0.2, 0.25) is 0 Å². The first kappa shape index (κ1) is 12.1. The highest BCUT2D eigenvalue weighted by molar-refractivity contribution is 5.24. The minimum Gasteiger partial charge on any atom is -0.391 e. The highest BCUT2D eigenvalue weighted by atomic mass is 19.1. The summed E-state index contributed by atoms with van der Waals surface area (Å²) in [7, 11) is 0. The fraction of sp³-hybridized carbons (Fsp3) is 0.500. The first-order valence-corrected chi connectivity index (χ1v) is 5.12. The summed E-state index contributed by atoms with van der Waals surface area (Å²) in [5.41, 5.74) is 1.59. The Hall–Kier alpha value is -0.930. The van der Waals surface area contributed by atoms with Crippen molar-refractivity contribution in [3.05, 3.63) is 35.1 Å². The molecular weight excluding hydrogens is 195 g/mol. The quantitative estimate of drug-likeness (QED) is 0.799. The van der Waals surface area contributed by atoms with Crippen LogP contribution < -0.4 is 0 Å². The lowest BCUT2D eigenvalue weighted by Crippen LogP contribution is -2.22. The van der Waals surface area contributed by atoms with Gasteiger partial charge in [-0.3, -0.25) is 0 Å². The molecule has 0 aliphatic rings. The predicted octanol–water partition coefficient (Wildman–Crippen LogP) is 1.81. The van der Waals surface area contributed by atoms with E-state index in [0.717, 1.165) is 5.56 Å². The summed E-state index contributed by atoms with van der Waals surface area (Å²) in [6, 6.07) is 4.90. The molecule has 2 atom stereocenters. The Balaban J connectivity index is 2.55. The fourth-order valence-corrected chi connectivity index (χ4v) is 1.42. The second kappa shape index (κ2) is 5.24. The zero-order chi connectivity index (χ0) is 11.4. The minimum absolute atomic E-state index is 0.213. The van der Waals surface area contributed by atoms with E-state index in [9.17, 15) is 9.50 Å². The van der Waals surface area contributed by atoms with Gasteiger partial charge in [0.1, 0.15) is 5.82 Å². The van der Waals surface area contributed by atoms with E-state index in [4.69, 9.17) is 5.11 Å². The second-order valence-corrected chi connectivity index (χ2v) is 3.93. The maximum absolute atomic E-state index is 12.9. The molecule has 0 bridgehead atoms. The maximum atomic E-state index is 12.9. The molecule has 0 aliphatic carbocycles. The minimum atomic E-state index is -0.716. The van der Waals surface area contributed by atoms with Gasteiger partial charge in [0.05, 0.1) is 12.2 Å². The topological polar surface area (TPSA) is 40.5 Å². The van der Waals surface area contributed by atoms with Gasteiger partial charge in [-0.1, -0.05) is 12.1 Å². The molecule has 3 heteroatoms. The number of hydrogen-bond donors (Lipinski definition) is 2. The van der Waals surface area contributed by atoms with Crippen molar-refractivity contribution in [3.8, 4) is 0 Å². The van der Waals surface area contributed by atoms with Crippen LogP contribution in [0, 0.1) is 12.7 Å². The van der Waals surface area contributed by atoms with Gasteiger partial charge in [-0.25, -0.2) is 4.39 Å². The summed E-state index contributed by atoms with van der Waals surface area (Å²) in [6.07, 6.45) is -0.294. The molecule has 2 N–H and O–H groups in total. The lowest BCUT2D eigenvalue weighted by Gasteiger charge is -2.13. The molecule has 0 radical (unpaired) electrons. The smallest absolute Gasteiger partial charge is 0.126 e. The SMILES string of the molecule is Cc1cc(CCC(O)C(C)O)ccc1F. The second-order valence-electron chi connectivity index (χ2n) is 3.93. The number of rotatable bonds is 4. The lowest BCUT2D eigenvalue weighted by molar-refractivity contribution is 0.0265. The van der Waals surface area contributed by atoms with Gasteiger partial charge >= 0.3 is 0 Å². The van der Waals surface area contributed by atoms with Gasteiger partial charge in [-0.05, 0) is 43.9 Å². The van der Waals surface area contributed by atoms with E-state index in [1.54, 1.807) is 26.0 Å². The van der Waals surface area contributed by atoms with Crippen molar-refractivity contribution in [1.82, 2.24) is 0 Å². The average molecular weight is 212 g/mol. The highest BCUT2D eigenvalue weighted by Gasteiger charge is 2.10. The van der Waals surface area contributed by atoms with Gasteiger partial charge in [-0.2, -0.15) is 0 Å². The number of aryl methyl sites for hydroxylation is 2. The molecule has 2 unspecified atom stereocenters. The van der Waals surface area contributed by atoms with E-state index in [1.165, 1.54) is 6.07 Å². The van der Waals surface area contributed by atoms with Crippen molar-refractivity contribution in [2.75, 3.05) is 0 Å². The number of aliphatic hydroxyl groups is 2. The standard InChI is InChI=1S/C12H17FO2/c1-8-7-10(3-5-11(8)13)4-6-12(15)9(2)14/h3,5,7,9,12,14-15H,4,6H2,1-2H3. The number of hydrogen-bond acceptors (Lipinski definition) is 2. The highest BCUT2D eigenvalue weighted by Crippen LogP contribution is 2.12. The summed E-state index contributed by atoms with van der Waals surface area (Å²) in [5, 5.41) is 18.5.